The first-order chi connectivity index (χ1) is 31.3. The maximum Gasteiger partial charge on any atom is 0.181 e. The molecule has 0 radical (unpaired) electrons. The second-order valence-corrected chi connectivity index (χ2v) is 20.2. The van der Waals surface area contributed by atoms with E-state index in [0.717, 1.165) is 11.4 Å². The first-order valence-corrected chi connectivity index (χ1v) is 23.8. The van der Waals surface area contributed by atoms with Crippen LogP contribution in [0.1, 0.15) is 0 Å². The molecular weight excluding hydrogens is 777 g/mol. The molecule has 0 N–H and O–H groups in total. The number of nitrogens with zero attached hydrogens (tertiary/aromatic N) is 2. The third kappa shape index (κ3) is 5.85. The molecule has 3 heteroatoms. The molecule has 0 fully saturated rings. The van der Waals surface area contributed by atoms with Crippen LogP contribution < -0.4 is 20.7 Å². The molecule has 296 valence electrons. The van der Waals surface area contributed by atoms with E-state index >= 15 is 0 Å². The highest BCUT2D eigenvalue weighted by Crippen LogP contribution is 2.41. The van der Waals surface area contributed by atoms with E-state index in [9.17, 15) is 0 Å². The van der Waals surface area contributed by atoms with Gasteiger partial charge in [-0.2, -0.15) is 0 Å². The quantitative estimate of drug-likeness (QED) is 0.107. The van der Waals surface area contributed by atoms with Crippen molar-refractivity contribution in [1.82, 2.24) is 9.13 Å². The van der Waals surface area contributed by atoms with Gasteiger partial charge in [0.2, 0.25) is 0 Å². The number of hydrogen-bond acceptors (Lipinski definition) is 0. The number of aromatic nitrogens is 2. The van der Waals surface area contributed by atoms with Crippen LogP contribution in [-0.4, -0.2) is 17.2 Å². The van der Waals surface area contributed by atoms with Gasteiger partial charge in [-0.15, -0.1) is 0 Å². The van der Waals surface area contributed by atoms with Crippen LogP contribution in [0.15, 0.2) is 255 Å². The lowest BCUT2D eigenvalue weighted by Gasteiger charge is -2.35. The summed E-state index contributed by atoms with van der Waals surface area (Å²) in [6.45, 7) is 0. The maximum absolute atomic E-state index is 2.94. The molecule has 0 aliphatic carbocycles. The molecule has 2 nitrogen and oxygen atoms in total. The van der Waals surface area contributed by atoms with Crippen molar-refractivity contribution >= 4 is 72.4 Å². The predicted octanol–water partition coefficient (Wildman–Crippen LogP) is 12.6. The minimum atomic E-state index is -2.94. The van der Waals surface area contributed by atoms with Crippen LogP contribution in [0, 0.1) is 0 Å². The SMILES string of the molecule is c1ccc(-c2ccc(-n3c4cc(-n5c6ccccc6c6cccc([Si](c7ccccc7)(c7ccccc7)c7ccccc7)c65)ccc4c4c(-c5ccccc5)cccc43)cc2)cc1. The van der Waals surface area contributed by atoms with Crippen LogP contribution in [0.2, 0.25) is 0 Å². The average molecular weight is 819 g/mol. The van der Waals surface area contributed by atoms with Crippen molar-refractivity contribution in [2.45, 2.75) is 0 Å². The highest BCUT2D eigenvalue weighted by Gasteiger charge is 2.43. The molecular formula is C60H42N2Si. The van der Waals surface area contributed by atoms with Crippen molar-refractivity contribution < 1.29 is 0 Å². The third-order valence-electron chi connectivity index (χ3n) is 13.1. The summed E-state index contributed by atoms with van der Waals surface area (Å²) in [5.74, 6) is 0. The lowest BCUT2D eigenvalue weighted by atomic mass is 9.99. The summed E-state index contributed by atoms with van der Waals surface area (Å²) in [7, 11) is -2.94. The molecule has 0 atom stereocenters. The monoisotopic (exact) mass is 818 g/mol. The zero-order valence-electron chi connectivity index (χ0n) is 34.6. The maximum atomic E-state index is 2.56. The standard InChI is InChI=1S/C60H42N2Si/c1-6-20-43(21-7-1)44-36-38-46(39-37-44)61-56-34-18-31-51(45-22-8-2-9-23-45)59(56)54-41-40-47(42-57(54)61)62-55-33-17-16-30-52(55)53-32-19-35-58(60(53)62)63(48-24-10-3-11-25-48,49-26-12-4-13-27-49)50-28-14-5-15-29-50/h1-42H. The molecule has 2 heterocycles. The molecule has 12 rings (SSSR count). The molecule has 0 saturated carbocycles. The Hall–Kier alpha value is -7.98. The van der Waals surface area contributed by atoms with Crippen LogP contribution in [0.25, 0.3) is 77.2 Å². The van der Waals surface area contributed by atoms with Crippen molar-refractivity contribution in [2.75, 3.05) is 0 Å². The first-order valence-electron chi connectivity index (χ1n) is 21.8. The molecule has 0 aliphatic heterocycles. The molecule has 0 amide bonds. The fraction of sp³-hybridized carbons (Fsp3) is 0. The Morgan fingerprint density at radius 1 is 0.286 bits per heavy atom. The molecule has 63 heavy (non-hydrogen) atoms. The Balaban J connectivity index is 1.19. The number of benzene rings is 10. The molecule has 10 aromatic carbocycles. The van der Waals surface area contributed by atoms with E-state index in [1.807, 2.05) is 0 Å². The smallest absolute Gasteiger partial charge is 0.181 e. The Labute approximate surface area is 368 Å². The summed E-state index contributed by atoms with van der Waals surface area (Å²) in [5.41, 5.74) is 11.9. The number of fused-ring (bicyclic) bond motifs is 6. The summed E-state index contributed by atoms with van der Waals surface area (Å²) in [6.07, 6.45) is 0. The number of rotatable bonds is 8. The van der Waals surface area contributed by atoms with Crippen LogP contribution in [0.5, 0.6) is 0 Å². The Bertz CT molecular complexity index is 3480. The van der Waals surface area contributed by atoms with Crippen LogP contribution in [-0.2, 0) is 0 Å². The highest BCUT2D eigenvalue weighted by molar-refractivity contribution is 7.20. The zero-order valence-corrected chi connectivity index (χ0v) is 35.6. The Morgan fingerprint density at radius 2 is 0.778 bits per heavy atom. The van der Waals surface area contributed by atoms with Gasteiger partial charge in [-0.25, -0.2) is 0 Å². The van der Waals surface area contributed by atoms with E-state index in [2.05, 4.69) is 264 Å². The minimum Gasteiger partial charge on any atom is -0.309 e. The van der Waals surface area contributed by atoms with Crippen LogP contribution in [0.3, 0.4) is 0 Å². The van der Waals surface area contributed by atoms with Gasteiger partial charge >= 0.3 is 0 Å². The normalized spacial score (nSPS) is 11.8. The van der Waals surface area contributed by atoms with Crippen molar-refractivity contribution in [1.29, 1.82) is 0 Å². The van der Waals surface area contributed by atoms with Gasteiger partial charge in [-0.1, -0.05) is 218 Å². The fourth-order valence-corrected chi connectivity index (χ4v) is 15.3. The molecule has 2 aromatic heterocycles. The lowest BCUT2D eigenvalue weighted by Crippen LogP contribution is -2.75. The Morgan fingerprint density at radius 3 is 1.41 bits per heavy atom. The van der Waals surface area contributed by atoms with Gasteiger partial charge in [-0.05, 0) is 79.4 Å². The minimum absolute atomic E-state index is 1.13. The molecule has 0 bridgehead atoms. The molecule has 12 aromatic rings. The lowest BCUT2D eigenvalue weighted by molar-refractivity contribution is 1.16. The second-order valence-electron chi connectivity index (χ2n) is 16.4. The summed E-state index contributed by atoms with van der Waals surface area (Å²) in [4.78, 5) is 0. The summed E-state index contributed by atoms with van der Waals surface area (Å²) in [5, 5.41) is 10.4. The number of hydrogen-bond donors (Lipinski definition) is 0. The van der Waals surface area contributed by atoms with Crippen LogP contribution in [0.4, 0.5) is 0 Å². The van der Waals surface area contributed by atoms with Crippen molar-refractivity contribution in [2.24, 2.45) is 0 Å². The zero-order chi connectivity index (χ0) is 41.7. The van der Waals surface area contributed by atoms with Gasteiger partial charge in [0.1, 0.15) is 0 Å². The van der Waals surface area contributed by atoms with Crippen molar-refractivity contribution in [3.8, 4) is 33.6 Å². The van der Waals surface area contributed by atoms with Gasteiger partial charge in [-0.3, -0.25) is 0 Å². The molecule has 0 aliphatic rings. The second kappa shape index (κ2) is 15.2. The topological polar surface area (TPSA) is 9.86 Å². The average Bonchev–Trinajstić information content (AvgIpc) is 3.89. The van der Waals surface area contributed by atoms with E-state index < -0.39 is 8.07 Å². The molecule has 0 spiro atoms. The van der Waals surface area contributed by atoms with Crippen molar-refractivity contribution in [3.05, 3.63) is 255 Å². The third-order valence-corrected chi connectivity index (χ3v) is 17.9. The van der Waals surface area contributed by atoms with Crippen LogP contribution >= 0.6 is 0 Å². The van der Waals surface area contributed by atoms with E-state index in [1.54, 1.807) is 0 Å². The number of para-hydroxylation sites is 2. The summed E-state index contributed by atoms with van der Waals surface area (Å²) in [6, 6.07) is 94.3. The summed E-state index contributed by atoms with van der Waals surface area (Å²) < 4.78 is 5.04. The van der Waals surface area contributed by atoms with Gasteiger partial charge in [0.25, 0.3) is 0 Å². The molecule has 0 unspecified atom stereocenters. The Kier molecular flexibility index (Phi) is 8.87. The van der Waals surface area contributed by atoms with Gasteiger partial charge in [0.15, 0.2) is 8.07 Å². The fourth-order valence-electron chi connectivity index (χ4n) is 10.4. The van der Waals surface area contributed by atoms with Gasteiger partial charge in [0, 0.05) is 32.9 Å². The predicted molar refractivity (Wildman–Crippen MR) is 270 cm³/mol. The van der Waals surface area contributed by atoms with E-state index in [1.165, 1.54) is 86.6 Å². The van der Waals surface area contributed by atoms with E-state index in [-0.39, 0.29) is 0 Å². The van der Waals surface area contributed by atoms with Gasteiger partial charge in [0.05, 0.1) is 22.1 Å². The largest absolute Gasteiger partial charge is 0.309 e. The molecule has 0 saturated heterocycles. The van der Waals surface area contributed by atoms with E-state index in [0.29, 0.717) is 0 Å². The van der Waals surface area contributed by atoms with E-state index in [4.69, 9.17) is 0 Å². The first kappa shape index (κ1) is 36.8. The highest BCUT2D eigenvalue weighted by atomic mass is 28.3. The van der Waals surface area contributed by atoms with Crippen molar-refractivity contribution in [3.63, 3.8) is 0 Å². The summed E-state index contributed by atoms with van der Waals surface area (Å²) >= 11 is 0. The van der Waals surface area contributed by atoms with Gasteiger partial charge < -0.3 is 9.13 Å².